The number of hydrogen-bond acceptors (Lipinski definition) is 4. The van der Waals surface area contributed by atoms with Gasteiger partial charge < -0.3 is 14.2 Å². The van der Waals surface area contributed by atoms with Gasteiger partial charge in [0.05, 0.1) is 0 Å². The summed E-state index contributed by atoms with van der Waals surface area (Å²) in [6, 6.07) is 14.5. The monoisotopic (exact) mass is 278 g/mol. The van der Waals surface area contributed by atoms with Crippen LogP contribution >= 0.6 is 0 Å². The second-order valence-corrected chi connectivity index (χ2v) is 4.64. The lowest BCUT2D eigenvalue weighted by atomic mass is 10.2. The molecular weight excluding hydrogens is 268 g/mol. The van der Waals surface area contributed by atoms with E-state index in [0.29, 0.717) is 22.4 Å². The molecule has 2 aromatic carbocycles. The van der Waals surface area contributed by atoms with Crippen LogP contribution in [0.15, 0.2) is 63.8 Å². The normalized spacial score (nSPS) is 11.0. The van der Waals surface area contributed by atoms with Crippen molar-refractivity contribution in [1.29, 1.82) is 0 Å². The van der Waals surface area contributed by atoms with Crippen LogP contribution < -0.4 is 5.32 Å². The van der Waals surface area contributed by atoms with Crippen LogP contribution in [0.3, 0.4) is 0 Å². The third kappa shape index (κ3) is 2.04. The molecule has 5 nitrogen and oxygen atoms in total. The second-order valence-electron chi connectivity index (χ2n) is 4.64. The van der Waals surface area contributed by atoms with E-state index in [9.17, 15) is 4.79 Å². The van der Waals surface area contributed by atoms with E-state index >= 15 is 0 Å². The van der Waals surface area contributed by atoms with Gasteiger partial charge in [0.1, 0.15) is 11.1 Å². The molecular formula is C16H10N2O3. The van der Waals surface area contributed by atoms with Crippen LogP contribution in [0.4, 0.5) is 5.69 Å². The Kier molecular flexibility index (Phi) is 2.50. The molecule has 1 N–H and O–H groups in total. The Hall–Kier alpha value is -3.08. The molecule has 5 heteroatoms. The Morgan fingerprint density at radius 1 is 1.05 bits per heavy atom. The van der Waals surface area contributed by atoms with E-state index in [0.717, 1.165) is 5.39 Å². The lowest BCUT2D eigenvalue weighted by molar-refractivity contribution is 0.0998. The molecule has 0 aliphatic carbocycles. The number of aromatic nitrogens is 1. The molecule has 2 aromatic heterocycles. The van der Waals surface area contributed by atoms with Gasteiger partial charge in [-0.05, 0) is 30.3 Å². The number of anilines is 1. The van der Waals surface area contributed by atoms with Crippen LogP contribution in [0.1, 0.15) is 10.6 Å². The Morgan fingerprint density at radius 3 is 2.86 bits per heavy atom. The SMILES string of the molecule is O=C(Nc1ccc2ocnc2c1)c1cc2ccccc2o1. The van der Waals surface area contributed by atoms with Gasteiger partial charge in [0.25, 0.3) is 5.91 Å². The van der Waals surface area contributed by atoms with E-state index in [1.807, 2.05) is 24.3 Å². The zero-order valence-electron chi connectivity index (χ0n) is 10.9. The number of fused-ring (bicyclic) bond motifs is 2. The molecule has 0 fully saturated rings. The molecule has 21 heavy (non-hydrogen) atoms. The van der Waals surface area contributed by atoms with Gasteiger partial charge in [-0.3, -0.25) is 4.79 Å². The first-order valence-corrected chi connectivity index (χ1v) is 6.43. The maximum absolute atomic E-state index is 12.2. The van der Waals surface area contributed by atoms with Gasteiger partial charge in [-0.15, -0.1) is 0 Å². The highest BCUT2D eigenvalue weighted by atomic mass is 16.3. The molecule has 0 aliphatic heterocycles. The van der Waals surface area contributed by atoms with Crippen molar-refractivity contribution in [1.82, 2.24) is 4.98 Å². The maximum Gasteiger partial charge on any atom is 0.291 e. The molecule has 4 aromatic rings. The van der Waals surface area contributed by atoms with E-state index in [1.54, 1.807) is 24.3 Å². The number of carbonyl (C=O) groups is 1. The molecule has 0 radical (unpaired) electrons. The number of rotatable bonds is 2. The van der Waals surface area contributed by atoms with Crippen molar-refractivity contribution >= 4 is 33.7 Å². The van der Waals surface area contributed by atoms with Crippen molar-refractivity contribution in [3.05, 3.63) is 60.7 Å². The lowest BCUT2D eigenvalue weighted by Gasteiger charge is -2.02. The first-order valence-electron chi connectivity index (χ1n) is 6.43. The Bertz CT molecular complexity index is 919. The summed E-state index contributed by atoms with van der Waals surface area (Å²) in [7, 11) is 0. The van der Waals surface area contributed by atoms with Crippen molar-refractivity contribution in [2.24, 2.45) is 0 Å². The summed E-state index contributed by atoms with van der Waals surface area (Å²) in [6.07, 6.45) is 1.37. The summed E-state index contributed by atoms with van der Waals surface area (Å²) in [4.78, 5) is 16.3. The van der Waals surface area contributed by atoms with E-state index < -0.39 is 0 Å². The Balaban J connectivity index is 1.64. The molecule has 4 rings (SSSR count). The zero-order valence-corrected chi connectivity index (χ0v) is 10.9. The largest absolute Gasteiger partial charge is 0.451 e. The summed E-state index contributed by atoms with van der Waals surface area (Å²) in [5, 5.41) is 3.68. The van der Waals surface area contributed by atoms with Gasteiger partial charge in [0.2, 0.25) is 0 Å². The van der Waals surface area contributed by atoms with Gasteiger partial charge in [0, 0.05) is 11.1 Å². The number of carbonyl (C=O) groups excluding carboxylic acids is 1. The Morgan fingerprint density at radius 2 is 1.95 bits per heavy atom. The number of para-hydroxylation sites is 1. The van der Waals surface area contributed by atoms with Gasteiger partial charge >= 0.3 is 0 Å². The number of hydrogen-bond donors (Lipinski definition) is 1. The highest BCUT2D eigenvalue weighted by Gasteiger charge is 2.12. The van der Waals surface area contributed by atoms with Crippen molar-refractivity contribution in [2.75, 3.05) is 5.32 Å². The van der Waals surface area contributed by atoms with Gasteiger partial charge in [-0.2, -0.15) is 0 Å². The van der Waals surface area contributed by atoms with Crippen LogP contribution in [-0.4, -0.2) is 10.9 Å². The summed E-state index contributed by atoms with van der Waals surface area (Å²) in [6.45, 7) is 0. The summed E-state index contributed by atoms with van der Waals surface area (Å²) in [5.74, 6) is -0.0227. The number of benzene rings is 2. The smallest absolute Gasteiger partial charge is 0.291 e. The van der Waals surface area contributed by atoms with Gasteiger partial charge in [-0.1, -0.05) is 18.2 Å². The van der Waals surface area contributed by atoms with E-state index in [2.05, 4.69) is 10.3 Å². The fourth-order valence-electron chi connectivity index (χ4n) is 2.22. The molecule has 0 saturated heterocycles. The van der Waals surface area contributed by atoms with Crippen LogP contribution in [0.2, 0.25) is 0 Å². The van der Waals surface area contributed by atoms with Crippen molar-refractivity contribution < 1.29 is 13.6 Å². The summed E-state index contributed by atoms with van der Waals surface area (Å²) in [5.41, 5.74) is 2.70. The lowest BCUT2D eigenvalue weighted by Crippen LogP contribution is -2.10. The molecule has 2 heterocycles. The van der Waals surface area contributed by atoms with Crippen molar-refractivity contribution in [3.8, 4) is 0 Å². The maximum atomic E-state index is 12.2. The number of furan rings is 1. The summed E-state index contributed by atoms with van der Waals surface area (Å²) >= 11 is 0. The average Bonchev–Trinajstić information content (AvgIpc) is 3.13. The molecule has 0 spiro atoms. The minimum absolute atomic E-state index is 0.274. The number of nitrogens with zero attached hydrogens (tertiary/aromatic N) is 1. The first-order chi connectivity index (χ1) is 10.3. The van der Waals surface area contributed by atoms with Crippen LogP contribution in [0.5, 0.6) is 0 Å². The van der Waals surface area contributed by atoms with E-state index in [4.69, 9.17) is 8.83 Å². The van der Waals surface area contributed by atoms with E-state index in [-0.39, 0.29) is 11.7 Å². The molecule has 1 amide bonds. The van der Waals surface area contributed by atoms with Gasteiger partial charge in [-0.25, -0.2) is 4.98 Å². The zero-order chi connectivity index (χ0) is 14.2. The molecule has 0 saturated carbocycles. The molecule has 0 aliphatic rings. The quantitative estimate of drug-likeness (QED) is 0.605. The molecule has 0 atom stereocenters. The fourth-order valence-corrected chi connectivity index (χ4v) is 2.22. The fraction of sp³-hybridized carbons (Fsp3) is 0. The minimum Gasteiger partial charge on any atom is -0.451 e. The van der Waals surface area contributed by atoms with Crippen molar-refractivity contribution in [3.63, 3.8) is 0 Å². The molecule has 102 valence electrons. The predicted octanol–water partition coefficient (Wildman–Crippen LogP) is 3.83. The number of amides is 1. The third-order valence-corrected chi connectivity index (χ3v) is 3.24. The predicted molar refractivity (Wildman–Crippen MR) is 78.2 cm³/mol. The Labute approximate surface area is 119 Å². The highest BCUT2D eigenvalue weighted by Crippen LogP contribution is 2.21. The number of nitrogens with one attached hydrogen (secondary N) is 1. The van der Waals surface area contributed by atoms with Crippen LogP contribution in [0.25, 0.3) is 22.1 Å². The van der Waals surface area contributed by atoms with Crippen LogP contribution in [-0.2, 0) is 0 Å². The van der Waals surface area contributed by atoms with Crippen molar-refractivity contribution in [2.45, 2.75) is 0 Å². The number of oxazole rings is 1. The van der Waals surface area contributed by atoms with Crippen LogP contribution in [0, 0.1) is 0 Å². The molecule has 0 unspecified atom stereocenters. The summed E-state index contributed by atoms with van der Waals surface area (Å²) < 4.78 is 10.7. The second kappa shape index (κ2) is 4.49. The highest BCUT2D eigenvalue weighted by molar-refractivity contribution is 6.05. The molecule has 0 bridgehead atoms. The topological polar surface area (TPSA) is 68.3 Å². The van der Waals surface area contributed by atoms with E-state index in [1.165, 1.54) is 6.39 Å². The average molecular weight is 278 g/mol. The third-order valence-electron chi connectivity index (χ3n) is 3.24. The minimum atomic E-state index is -0.297. The van der Waals surface area contributed by atoms with Gasteiger partial charge in [0.15, 0.2) is 17.7 Å². The first kappa shape index (κ1) is 11.7. The standard InChI is InChI=1S/C16H10N2O3/c19-16(15-7-10-3-1-2-4-13(10)21-15)18-11-5-6-14-12(8-11)17-9-20-14/h1-9H,(H,18,19).